The molecule has 1 atom stereocenters. The number of hydrogen-bond donors (Lipinski definition) is 1. The Kier molecular flexibility index (Phi) is 2.48. The van der Waals surface area contributed by atoms with Gasteiger partial charge in [-0.25, -0.2) is 0 Å². The van der Waals surface area contributed by atoms with E-state index >= 15 is 0 Å². The molecule has 1 heterocycles. The van der Waals surface area contributed by atoms with Crippen LogP contribution in [-0.2, 0) is 4.79 Å². The Morgan fingerprint density at radius 2 is 1.92 bits per heavy atom. The van der Waals surface area contributed by atoms with Crippen LogP contribution < -0.4 is 0 Å². The Hall–Kier alpha value is -0.120. The zero-order chi connectivity index (χ0) is 10.4. The SMILES string of the molecule is CC1(C)CC(=O)[C@H](Cl)C(C)(C)N1O. The molecule has 1 N–H and O–H groups in total. The van der Waals surface area contributed by atoms with Crippen LogP contribution in [0.15, 0.2) is 0 Å². The summed E-state index contributed by atoms with van der Waals surface area (Å²) < 4.78 is 0. The normalized spacial score (nSPS) is 33.4. The van der Waals surface area contributed by atoms with Gasteiger partial charge in [-0.15, -0.1) is 11.6 Å². The summed E-state index contributed by atoms with van der Waals surface area (Å²) >= 11 is 5.93. The Morgan fingerprint density at radius 1 is 1.46 bits per heavy atom. The first-order valence-electron chi connectivity index (χ1n) is 4.35. The Labute approximate surface area is 83.6 Å². The van der Waals surface area contributed by atoms with Gasteiger partial charge in [0.2, 0.25) is 0 Å². The summed E-state index contributed by atoms with van der Waals surface area (Å²) in [6, 6.07) is 0. The van der Waals surface area contributed by atoms with Gasteiger partial charge in [0, 0.05) is 12.0 Å². The third-order valence-corrected chi connectivity index (χ3v) is 3.41. The monoisotopic (exact) mass is 205 g/mol. The molecular formula is C9H16ClNO2. The molecule has 0 radical (unpaired) electrons. The van der Waals surface area contributed by atoms with Gasteiger partial charge >= 0.3 is 0 Å². The summed E-state index contributed by atoms with van der Waals surface area (Å²) in [5.41, 5.74) is -1.22. The summed E-state index contributed by atoms with van der Waals surface area (Å²) in [7, 11) is 0. The Bertz CT molecular complexity index is 238. The van der Waals surface area contributed by atoms with Crippen molar-refractivity contribution in [2.24, 2.45) is 0 Å². The highest BCUT2D eigenvalue weighted by Gasteiger charge is 2.50. The quantitative estimate of drug-likeness (QED) is 0.614. The van der Waals surface area contributed by atoms with Crippen molar-refractivity contribution in [2.45, 2.75) is 50.6 Å². The fourth-order valence-corrected chi connectivity index (χ4v) is 2.04. The number of alkyl halides is 1. The number of carbonyl (C=O) groups is 1. The fraction of sp³-hybridized carbons (Fsp3) is 0.889. The Balaban J connectivity index is 3.03. The van der Waals surface area contributed by atoms with Gasteiger partial charge in [-0.2, -0.15) is 5.06 Å². The van der Waals surface area contributed by atoms with E-state index in [2.05, 4.69) is 0 Å². The molecule has 1 aliphatic rings. The van der Waals surface area contributed by atoms with Gasteiger partial charge in [-0.1, -0.05) is 0 Å². The minimum atomic E-state index is -0.694. The molecule has 0 aromatic heterocycles. The molecule has 0 amide bonds. The summed E-state index contributed by atoms with van der Waals surface area (Å²) in [4.78, 5) is 11.5. The van der Waals surface area contributed by atoms with Gasteiger partial charge < -0.3 is 5.21 Å². The molecule has 1 aliphatic heterocycles. The maximum absolute atomic E-state index is 11.5. The zero-order valence-electron chi connectivity index (χ0n) is 8.47. The highest BCUT2D eigenvalue weighted by Crippen LogP contribution is 2.37. The number of halogens is 1. The van der Waals surface area contributed by atoms with E-state index in [1.165, 1.54) is 5.06 Å². The highest BCUT2D eigenvalue weighted by atomic mass is 35.5. The van der Waals surface area contributed by atoms with E-state index in [-0.39, 0.29) is 5.78 Å². The van der Waals surface area contributed by atoms with E-state index in [0.717, 1.165) is 0 Å². The number of hydroxylamine groups is 2. The van der Waals surface area contributed by atoms with Crippen LogP contribution in [0.25, 0.3) is 0 Å². The van der Waals surface area contributed by atoms with Crippen molar-refractivity contribution in [3.05, 3.63) is 0 Å². The van der Waals surface area contributed by atoms with Crippen molar-refractivity contribution in [1.82, 2.24) is 5.06 Å². The van der Waals surface area contributed by atoms with E-state index in [9.17, 15) is 10.0 Å². The zero-order valence-corrected chi connectivity index (χ0v) is 9.22. The fourth-order valence-electron chi connectivity index (χ4n) is 1.87. The van der Waals surface area contributed by atoms with Crippen LogP contribution in [0.3, 0.4) is 0 Å². The second-order valence-corrected chi connectivity index (χ2v) is 5.22. The van der Waals surface area contributed by atoms with Gasteiger partial charge in [-0.05, 0) is 27.7 Å². The molecule has 0 spiro atoms. The van der Waals surface area contributed by atoms with Gasteiger partial charge in [0.1, 0.15) is 5.38 Å². The van der Waals surface area contributed by atoms with Crippen molar-refractivity contribution >= 4 is 17.4 Å². The van der Waals surface area contributed by atoms with Crippen LogP contribution in [0.1, 0.15) is 34.1 Å². The van der Waals surface area contributed by atoms with Gasteiger partial charge in [0.05, 0.1) is 5.54 Å². The van der Waals surface area contributed by atoms with Crippen molar-refractivity contribution in [1.29, 1.82) is 0 Å². The second kappa shape index (κ2) is 2.94. The maximum atomic E-state index is 11.5. The average molecular weight is 206 g/mol. The molecular weight excluding hydrogens is 190 g/mol. The first-order valence-corrected chi connectivity index (χ1v) is 4.79. The molecule has 0 bridgehead atoms. The summed E-state index contributed by atoms with van der Waals surface area (Å²) in [6.07, 6.45) is 0.293. The summed E-state index contributed by atoms with van der Waals surface area (Å²) in [5, 5.41) is 10.4. The molecule has 76 valence electrons. The number of nitrogens with zero attached hydrogens (tertiary/aromatic N) is 1. The smallest absolute Gasteiger partial charge is 0.154 e. The van der Waals surface area contributed by atoms with E-state index in [4.69, 9.17) is 11.6 Å². The van der Waals surface area contributed by atoms with E-state index in [1.807, 2.05) is 13.8 Å². The lowest BCUT2D eigenvalue weighted by Crippen LogP contribution is -2.64. The average Bonchev–Trinajstić information content (AvgIpc) is 1.98. The van der Waals surface area contributed by atoms with Gasteiger partial charge in [0.25, 0.3) is 0 Å². The van der Waals surface area contributed by atoms with Crippen LogP contribution in [0.4, 0.5) is 0 Å². The molecule has 0 aliphatic carbocycles. The van der Waals surface area contributed by atoms with Crippen molar-refractivity contribution in [3.8, 4) is 0 Å². The molecule has 13 heavy (non-hydrogen) atoms. The minimum absolute atomic E-state index is 0.00182. The molecule has 1 rings (SSSR count). The van der Waals surface area contributed by atoms with E-state index in [1.54, 1.807) is 13.8 Å². The number of carbonyl (C=O) groups excluding carboxylic acids is 1. The van der Waals surface area contributed by atoms with Crippen LogP contribution in [0.2, 0.25) is 0 Å². The second-order valence-electron chi connectivity index (χ2n) is 4.78. The number of ketones is 1. The molecule has 4 heteroatoms. The number of hydrogen-bond acceptors (Lipinski definition) is 3. The molecule has 1 fully saturated rings. The van der Waals surface area contributed by atoms with Gasteiger partial charge in [-0.3, -0.25) is 4.79 Å². The van der Waals surface area contributed by atoms with E-state index < -0.39 is 16.5 Å². The lowest BCUT2D eigenvalue weighted by Gasteiger charge is -2.49. The topological polar surface area (TPSA) is 40.5 Å². The van der Waals surface area contributed by atoms with Crippen molar-refractivity contribution in [3.63, 3.8) is 0 Å². The minimum Gasteiger partial charge on any atom is -0.313 e. The predicted octanol–water partition coefficient (Wildman–Crippen LogP) is 1.81. The third-order valence-electron chi connectivity index (χ3n) is 2.63. The number of rotatable bonds is 0. The first kappa shape index (κ1) is 11.0. The first-order chi connectivity index (χ1) is 5.69. The predicted molar refractivity (Wildman–Crippen MR) is 51.0 cm³/mol. The van der Waals surface area contributed by atoms with Crippen molar-refractivity contribution < 1.29 is 10.0 Å². The van der Waals surface area contributed by atoms with Crippen LogP contribution >= 0.6 is 11.6 Å². The largest absolute Gasteiger partial charge is 0.313 e. The lowest BCUT2D eigenvalue weighted by molar-refractivity contribution is -0.235. The number of Topliss-reactive ketones (excluding diaryl/α,β-unsaturated/α-hetero) is 1. The van der Waals surface area contributed by atoms with Crippen LogP contribution in [0, 0.1) is 0 Å². The molecule has 0 aromatic rings. The number of piperidine rings is 1. The molecule has 0 saturated carbocycles. The lowest BCUT2D eigenvalue weighted by atomic mass is 9.81. The van der Waals surface area contributed by atoms with Gasteiger partial charge in [0.15, 0.2) is 5.78 Å². The highest BCUT2D eigenvalue weighted by molar-refractivity contribution is 6.32. The Morgan fingerprint density at radius 3 is 2.38 bits per heavy atom. The molecule has 1 saturated heterocycles. The van der Waals surface area contributed by atoms with Crippen molar-refractivity contribution in [2.75, 3.05) is 0 Å². The van der Waals surface area contributed by atoms with Crippen LogP contribution in [0.5, 0.6) is 0 Å². The van der Waals surface area contributed by atoms with E-state index in [0.29, 0.717) is 6.42 Å². The molecule has 0 aromatic carbocycles. The standard InChI is InChI=1S/C9H16ClNO2/c1-8(2)5-6(12)7(10)9(3,4)11(8)13/h7,13H,5H2,1-4H3/t7-/m0/s1. The summed E-state index contributed by atoms with van der Waals surface area (Å²) in [6.45, 7) is 7.19. The molecule has 3 nitrogen and oxygen atoms in total. The third kappa shape index (κ3) is 1.60. The summed E-state index contributed by atoms with van der Waals surface area (Å²) in [5.74, 6) is 0.00182. The molecule has 0 unspecified atom stereocenters. The van der Waals surface area contributed by atoms with Crippen LogP contribution in [-0.4, -0.2) is 32.5 Å². The maximum Gasteiger partial charge on any atom is 0.154 e.